The first-order chi connectivity index (χ1) is 13.5. The number of amides is 1. The molecule has 0 bridgehead atoms. The lowest BCUT2D eigenvalue weighted by Crippen LogP contribution is -2.31. The van der Waals surface area contributed by atoms with Gasteiger partial charge in [-0.3, -0.25) is 9.59 Å². The van der Waals surface area contributed by atoms with Crippen LogP contribution in [0.4, 0.5) is 0 Å². The van der Waals surface area contributed by atoms with Crippen molar-refractivity contribution in [1.82, 2.24) is 14.9 Å². The van der Waals surface area contributed by atoms with E-state index >= 15 is 0 Å². The Morgan fingerprint density at radius 3 is 2.82 bits per heavy atom. The summed E-state index contributed by atoms with van der Waals surface area (Å²) in [6.45, 7) is 5.41. The second kappa shape index (κ2) is 7.66. The van der Waals surface area contributed by atoms with Crippen LogP contribution < -0.4 is 15.0 Å². The van der Waals surface area contributed by atoms with Crippen molar-refractivity contribution in [3.63, 3.8) is 0 Å². The second-order valence-electron chi connectivity index (χ2n) is 7.36. The molecule has 1 fully saturated rings. The first-order valence-electron chi connectivity index (χ1n) is 9.78. The SMILES string of the molecule is Cc1nc(C)c(CCC(=O)N2CCC[C@@H]2c2ccc3c(c2)OCCO3)c(=O)[nH]1. The Morgan fingerprint density at radius 2 is 2.04 bits per heavy atom. The highest BCUT2D eigenvalue weighted by atomic mass is 16.6. The monoisotopic (exact) mass is 383 g/mol. The number of aromatic nitrogens is 2. The fourth-order valence-electron chi connectivity index (χ4n) is 4.10. The lowest BCUT2D eigenvalue weighted by atomic mass is 10.0. The Kier molecular flexibility index (Phi) is 5.07. The van der Waals surface area contributed by atoms with Gasteiger partial charge < -0.3 is 19.4 Å². The molecule has 7 nitrogen and oxygen atoms in total. The molecule has 0 aliphatic carbocycles. The highest BCUT2D eigenvalue weighted by Gasteiger charge is 2.30. The molecule has 4 rings (SSSR count). The van der Waals surface area contributed by atoms with Crippen molar-refractivity contribution in [3.05, 3.63) is 51.2 Å². The van der Waals surface area contributed by atoms with Gasteiger partial charge in [-0.1, -0.05) is 6.07 Å². The van der Waals surface area contributed by atoms with Gasteiger partial charge in [0, 0.05) is 24.2 Å². The van der Waals surface area contributed by atoms with E-state index < -0.39 is 0 Å². The molecule has 0 spiro atoms. The summed E-state index contributed by atoms with van der Waals surface area (Å²) in [5, 5.41) is 0. The minimum atomic E-state index is -0.150. The molecule has 0 saturated carbocycles. The fraction of sp³-hybridized carbons (Fsp3) is 0.476. The van der Waals surface area contributed by atoms with Gasteiger partial charge in [0.05, 0.1) is 6.04 Å². The van der Waals surface area contributed by atoms with Crippen molar-refractivity contribution in [2.24, 2.45) is 0 Å². The molecule has 2 aliphatic rings. The number of benzene rings is 1. The van der Waals surface area contributed by atoms with Gasteiger partial charge in [-0.05, 0) is 50.8 Å². The van der Waals surface area contributed by atoms with Crippen LogP contribution in [0.5, 0.6) is 11.5 Å². The average molecular weight is 383 g/mol. The summed E-state index contributed by atoms with van der Waals surface area (Å²) in [4.78, 5) is 34.0. The zero-order valence-electron chi connectivity index (χ0n) is 16.3. The number of nitrogens with one attached hydrogen (secondary N) is 1. The van der Waals surface area contributed by atoms with Crippen LogP contribution in [0.3, 0.4) is 0 Å². The summed E-state index contributed by atoms with van der Waals surface area (Å²) in [7, 11) is 0. The number of ether oxygens (including phenoxy) is 2. The summed E-state index contributed by atoms with van der Waals surface area (Å²) in [5.74, 6) is 2.16. The molecule has 1 amide bonds. The zero-order valence-corrected chi connectivity index (χ0v) is 16.3. The van der Waals surface area contributed by atoms with E-state index in [0.717, 1.165) is 36.4 Å². The normalized spacial score (nSPS) is 18.4. The van der Waals surface area contributed by atoms with Crippen LogP contribution in [0.1, 0.15) is 47.9 Å². The molecular formula is C21H25N3O4. The van der Waals surface area contributed by atoms with E-state index in [9.17, 15) is 9.59 Å². The van der Waals surface area contributed by atoms with Crippen LogP contribution in [-0.4, -0.2) is 40.5 Å². The lowest BCUT2D eigenvalue weighted by Gasteiger charge is -2.27. The Morgan fingerprint density at radius 1 is 1.25 bits per heavy atom. The minimum absolute atomic E-state index is 0.0406. The van der Waals surface area contributed by atoms with Gasteiger partial charge in [-0.2, -0.15) is 0 Å². The average Bonchev–Trinajstić information content (AvgIpc) is 3.16. The maximum atomic E-state index is 12.9. The van der Waals surface area contributed by atoms with Gasteiger partial charge in [0.2, 0.25) is 5.91 Å². The first-order valence-corrected chi connectivity index (χ1v) is 9.78. The molecule has 148 valence electrons. The van der Waals surface area contributed by atoms with Gasteiger partial charge in [0.25, 0.3) is 5.56 Å². The third kappa shape index (κ3) is 3.61. The standard InChI is InChI=1S/C21H25N3O4/c1-13-16(21(26)23-14(2)22-13)6-8-20(25)24-9-3-4-17(24)15-5-7-18-19(12-15)28-11-10-27-18/h5,7,12,17H,3-4,6,8-11H2,1-2H3,(H,22,23,26)/t17-/m1/s1. The van der Waals surface area contributed by atoms with E-state index in [-0.39, 0.29) is 17.5 Å². The molecule has 28 heavy (non-hydrogen) atoms. The molecule has 2 aromatic rings. The van der Waals surface area contributed by atoms with E-state index in [1.807, 2.05) is 30.0 Å². The van der Waals surface area contributed by atoms with Gasteiger partial charge in [0.15, 0.2) is 11.5 Å². The van der Waals surface area contributed by atoms with Gasteiger partial charge in [-0.25, -0.2) is 4.98 Å². The van der Waals surface area contributed by atoms with E-state index in [4.69, 9.17) is 9.47 Å². The molecule has 3 heterocycles. The largest absolute Gasteiger partial charge is 0.486 e. The molecule has 1 aromatic heterocycles. The van der Waals surface area contributed by atoms with Crippen LogP contribution in [-0.2, 0) is 11.2 Å². The Labute approximate surface area is 163 Å². The molecule has 0 unspecified atom stereocenters. The quantitative estimate of drug-likeness (QED) is 0.877. The lowest BCUT2D eigenvalue weighted by molar-refractivity contribution is -0.132. The smallest absolute Gasteiger partial charge is 0.254 e. The number of aromatic amines is 1. The number of hydrogen-bond acceptors (Lipinski definition) is 5. The molecule has 1 saturated heterocycles. The maximum Gasteiger partial charge on any atom is 0.254 e. The highest BCUT2D eigenvalue weighted by molar-refractivity contribution is 5.77. The number of aryl methyl sites for hydroxylation is 2. The minimum Gasteiger partial charge on any atom is -0.486 e. The van der Waals surface area contributed by atoms with Gasteiger partial charge >= 0.3 is 0 Å². The van der Waals surface area contributed by atoms with Crippen LogP contribution in [0.25, 0.3) is 0 Å². The van der Waals surface area contributed by atoms with Crippen LogP contribution >= 0.6 is 0 Å². The summed E-state index contributed by atoms with van der Waals surface area (Å²) in [6, 6.07) is 5.97. The van der Waals surface area contributed by atoms with Crippen LogP contribution in [0, 0.1) is 13.8 Å². The molecule has 7 heteroatoms. The van der Waals surface area contributed by atoms with E-state index in [2.05, 4.69) is 9.97 Å². The predicted molar refractivity (Wildman–Crippen MR) is 104 cm³/mol. The van der Waals surface area contributed by atoms with Crippen molar-refractivity contribution in [2.75, 3.05) is 19.8 Å². The number of nitrogens with zero attached hydrogens (tertiary/aromatic N) is 2. The van der Waals surface area contributed by atoms with Crippen LogP contribution in [0.15, 0.2) is 23.0 Å². The number of fused-ring (bicyclic) bond motifs is 1. The topological polar surface area (TPSA) is 84.5 Å². The number of carbonyl (C=O) groups excluding carboxylic acids is 1. The number of carbonyl (C=O) groups is 1. The van der Waals surface area contributed by atoms with E-state index in [0.29, 0.717) is 43.1 Å². The number of rotatable bonds is 4. The first kappa shape index (κ1) is 18.5. The molecule has 1 aromatic carbocycles. The van der Waals surface area contributed by atoms with E-state index in [1.54, 1.807) is 6.92 Å². The molecular weight excluding hydrogens is 358 g/mol. The Hall–Kier alpha value is -2.83. The summed E-state index contributed by atoms with van der Waals surface area (Å²) < 4.78 is 11.3. The highest BCUT2D eigenvalue weighted by Crippen LogP contribution is 2.38. The van der Waals surface area contributed by atoms with Gasteiger partial charge in [0.1, 0.15) is 19.0 Å². The van der Waals surface area contributed by atoms with Crippen molar-refractivity contribution >= 4 is 5.91 Å². The zero-order chi connectivity index (χ0) is 19.7. The van der Waals surface area contributed by atoms with E-state index in [1.165, 1.54) is 0 Å². The third-order valence-corrected chi connectivity index (χ3v) is 5.45. The maximum absolute atomic E-state index is 12.9. The molecule has 1 atom stereocenters. The summed E-state index contributed by atoms with van der Waals surface area (Å²) >= 11 is 0. The summed E-state index contributed by atoms with van der Waals surface area (Å²) in [5.41, 5.74) is 2.21. The number of hydrogen-bond donors (Lipinski definition) is 1. The number of likely N-dealkylation sites (tertiary alicyclic amines) is 1. The molecule has 1 N–H and O–H groups in total. The summed E-state index contributed by atoms with van der Waals surface area (Å²) in [6.07, 6.45) is 2.60. The second-order valence-corrected chi connectivity index (χ2v) is 7.36. The van der Waals surface area contributed by atoms with Gasteiger partial charge in [-0.15, -0.1) is 0 Å². The van der Waals surface area contributed by atoms with Crippen molar-refractivity contribution < 1.29 is 14.3 Å². The van der Waals surface area contributed by atoms with Crippen LogP contribution in [0.2, 0.25) is 0 Å². The fourth-order valence-corrected chi connectivity index (χ4v) is 4.10. The number of H-pyrrole nitrogens is 1. The van der Waals surface area contributed by atoms with Crippen molar-refractivity contribution in [1.29, 1.82) is 0 Å². The van der Waals surface area contributed by atoms with Crippen molar-refractivity contribution in [2.45, 2.75) is 45.6 Å². The molecule has 0 radical (unpaired) electrons. The third-order valence-electron chi connectivity index (χ3n) is 5.45. The van der Waals surface area contributed by atoms with Crippen molar-refractivity contribution in [3.8, 4) is 11.5 Å². The Balaban J connectivity index is 1.48. The molecule has 2 aliphatic heterocycles. The Bertz CT molecular complexity index is 953. The predicted octanol–water partition coefficient (Wildman–Crippen LogP) is 2.45.